The average molecular weight is 322 g/mol. The van der Waals surface area contributed by atoms with Crippen molar-refractivity contribution in [2.24, 2.45) is 5.92 Å². The first-order valence-electron chi connectivity index (χ1n) is 7.72. The van der Waals surface area contributed by atoms with Gasteiger partial charge in [-0.3, -0.25) is 4.79 Å². The van der Waals surface area contributed by atoms with Crippen LogP contribution >= 0.6 is 0 Å². The van der Waals surface area contributed by atoms with Crippen LogP contribution in [0, 0.1) is 5.92 Å². The zero-order valence-corrected chi connectivity index (χ0v) is 13.4. The quantitative estimate of drug-likeness (QED) is 0.740. The monoisotopic (exact) mass is 322 g/mol. The van der Waals surface area contributed by atoms with Crippen molar-refractivity contribution in [2.75, 3.05) is 26.9 Å². The van der Waals surface area contributed by atoms with Crippen LogP contribution in [-0.4, -0.2) is 50.9 Å². The van der Waals surface area contributed by atoms with Crippen LogP contribution < -0.4 is 0 Å². The van der Waals surface area contributed by atoms with Gasteiger partial charge in [0.1, 0.15) is 12.7 Å². The fourth-order valence-electron chi connectivity index (χ4n) is 3.21. The third-order valence-electron chi connectivity index (χ3n) is 4.29. The number of carbonyl (C=O) groups is 1. The molecule has 6 heteroatoms. The molecule has 0 aliphatic carbocycles. The fraction of sp³-hybridized carbons (Fsp3) is 0.588. The van der Waals surface area contributed by atoms with E-state index in [1.54, 1.807) is 7.11 Å². The zero-order valence-electron chi connectivity index (χ0n) is 13.4. The van der Waals surface area contributed by atoms with Crippen LogP contribution in [0.1, 0.15) is 12.5 Å². The minimum absolute atomic E-state index is 0.0481. The van der Waals surface area contributed by atoms with Gasteiger partial charge >= 0.3 is 5.97 Å². The Morgan fingerprint density at radius 1 is 1.35 bits per heavy atom. The molecule has 2 heterocycles. The van der Waals surface area contributed by atoms with Gasteiger partial charge in [-0.2, -0.15) is 0 Å². The van der Waals surface area contributed by atoms with Gasteiger partial charge in [-0.25, -0.2) is 0 Å². The summed E-state index contributed by atoms with van der Waals surface area (Å²) in [6.45, 7) is 2.75. The Hall–Kier alpha value is -1.47. The molecule has 0 radical (unpaired) electrons. The molecule has 1 aromatic carbocycles. The van der Waals surface area contributed by atoms with E-state index in [4.69, 9.17) is 23.7 Å². The summed E-state index contributed by atoms with van der Waals surface area (Å²) < 4.78 is 28.4. The van der Waals surface area contributed by atoms with E-state index in [1.807, 2.05) is 30.3 Å². The Balaban J connectivity index is 1.75. The van der Waals surface area contributed by atoms with Crippen molar-refractivity contribution < 1.29 is 28.5 Å². The first-order valence-corrected chi connectivity index (χ1v) is 7.72. The molecule has 2 saturated heterocycles. The summed E-state index contributed by atoms with van der Waals surface area (Å²) in [5.74, 6) is -0.402. The third kappa shape index (κ3) is 3.40. The lowest BCUT2D eigenvalue weighted by Crippen LogP contribution is -2.54. The normalized spacial score (nSPS) is 32.7. The minimum Gasteiger partial charge on any atom is -0.463 e. The summed E-state index contributed by atoms with van der Waals surface area (Å²) in [4.78, 5) is 11.2. The summed E-state index contributed by atoms with van der Waals surface area (Å²) in [5.41, 5.74) is 0.263. The number of ether oxygens (including phenoxy) is 5. The van der Waals surface area contributed by atoms with Gasteiger partial charge in [0, 0.05) is 14.0 Å². The fourth-order valence-corrected chi connectivity index (χ4v) is 3.21. The standard InChI is InChI=1S/C17H22O6/c1-12(18)22-11-17-10-20-9-14(16(19-2)23-17)15(17)21-8-13-6-4-3-5-7-13/h3-7,14-16H,8-11H2,1-2H3/t14-,15+,16+,17+/m1/s1. The number of fused-ring (bicyclic) bond motifs is 2. The van der Waals surface area contributed by atoms with Gasteiger partial charge in [0.25, 0.3) is 0 Å². The molecule has 1 aromatic rings. The highest BCUT2D eigenvalue weighted by atomic mass is 16.7. The molecule has 2 aliphatic rings. The second kappa shape index (κ2) is 6.97. The summed E-state index contributed by atoms with van der Waals surface area (Å²) in [5, 5.41) is 0. The molecule has 2 aliphatic heterocycles. The maximum absolute atomic E-state index is 11.2. The number of rotatable bonds is 6. The van der Waals surface area contributed by atoms with Gasteiger partial charge in [0.2, 0.25) is 0 Å². The van der Waals surface area contributed by atoms with E-state index in [9.17, 15) is 4.79 Å². The van der Waals surface area contributed by atoms with Crippen LogP contribution in [0.15, 0.2) is 30.3 Å². The first kappa shape index (κ1) is 16.4. The highest BCUT2D eigenvalue weighted by molar-refractivity contribution is 5.66. The van der Waals surface area contributed by atoms with Gasteiger partial charge in [0.15, 0.2) is 11.9 Å². The van der Waals surface area contributed by atoms with E-state index in [1.165, 1.54) is 6.92 Å². The Labute approximate surface area is 135 Å². The number of esters is 1. The minimum atomic E-state index is -0.815. The molecule has 2 bridgehead atoms. The lowest BCUT2D eigenvalue weighted by molar-refractivity contribution is -0.207. The molecule has 0 aromatic heterocycles. The van der Waals surface area contributed by atoms with Crippen LogP contribution in [0.4, 0.5) is 0 Å². The van der Waals surface area contributed by atoms with Crippen LogP contribution in [-0.2, 0) is 35.1 Å². The molecule has 4 atom stereocenters. The van der Waals surface area contributed by atoms with Crippen molar-refractivity contribution in [3.63, 3.8) is 0 Å². The van der Waals surface area contributed by atoms with Crippen LogP contribution in [0.5, 0.6) is 0 Å². The van der Waals surface area contributed by atoms with Crippen molar-refractivity contribution >= 4 is 5.97 Å². The second-order valence-electron chi connectivity index (χ2n) is 5.96. The van der Waals surface area contributed by atoms with Crippen molar-refractivity contribution in [2.45, 2.75) is 31.5 Å². The van der Waals surface area contributed by atoms with Gasteiger partial charge in [-0.1, -0.05) is 30.3 Å². The van der Waals surface area contributed by atoms with Crippen LogP contribution in [0.2, 0.25) is 0 Å². The average Bonchev–Trinajstić information content (AvgIpc) is 2.73. The Morgan fingerprint density at radius 3 is 2.83 bits per heavy atom. The molecule has 126 valence electrons. The van der Waals surface area contributed by atoms with E-state index in [0.717, 1.165) is 5.56 Å². The molecule has 2 fully saturated rings. The van der Waals surface area contributed by atoms with Crippen molar-refractivity contribution in [3.05, 3.63) is 35.9 Å². The van der Waals surface area contributed by atoms with Crippen molar-refractivity contribution in [3.8, 4) is 0 Å². The highest BCUT2D eigenvalue weighted by Gasteiger charge is 2.60. The second-order valence-corrected chi connectivity index (χ2v) is 5.96. The Morgan fingerprint density at radius 2 is 2.13 bits per heavy atom. The van der Waals surface area contributed by atoms with E-state index < -0.39 is 11.9 Å². The molecule has 0 N–H and O–H groups in total. The third-order valence-corrected chi connectivity index (χ3v) is 4.29. The lowest BCUT2D eigenvalue weighted by Gasteiger charge is -2.37. The van der Waals surface area contributed by atoms with Gasteiger partial charge < -0.3 is 23.7 Å². The predicted octanol–water partition coefficient (Wildman–Crippen LogP) is 1.52. The summed E-state index contributed by atoms with van der Waals surface area (Å²) in [7, 11) is 1.60. The molecule has 23 heavy (non-hydrogen) atoms. The van der Waals surface area contributed by atoms with Gasteiger partial charge in [-0.15, -0.1) is 0 Å². The van der Waals surface area contributed by atoms with Crippen molar-refractivity contribution in [1.82, 2.24) is 0 Å². The highest BCUT2D eigenvalue weighted by Crippen LogP contribution is 2.42. The molecule has 0 amide bonds. The number of hydrogen-bond donors (Lipinski definition) is 0. The van der Waals surface area contributed by atoms with E-state index in [-0.39, 0.29) is 24.6 Å². The zero-order chi connectivity index (χ0) is 16.3. The largest absolute Gasteiger partial charge is 0.463 e. The lowest BCUT2D eigenvalue weighted by atomic mass is 9.89. The van der Waals surface area contributed by atoms with Crippen molar-refractivity contribution in [1.29, 1.82) is 0 Å². The summed E-state index contributed by atoms with van der Waals surface area (Å²) in [6.07, 6.45) is -0.672. The van der Waals surface area contributed by atoms with Gasteiger partial charge in [-0.05, 0) is 5.56 Å². The first-order chi connectivity index (χ1) is 11.1. The summed E-state index contributed by atoms with van der Waals surface area (Å²) in [6, 6.07) is 9.93. The Bertz CT molecular complexity index is 533. The predicted molar refractivity (Wildman–Crippen MR) is 80.6 cm³/mol. The Kier molecular flexibility index (Phi) is 4.96. The number of benzene rings is 1. The smallest absolute Gasteiger partial charge is 0.302 e. The topological polar surface area (TPSA) is 63.2 Å². The molecule has 6 nitrogen and oxygen atoms in total. The van der Waals surface area contributed by atoms with Crippen LogP contribution in [0.25, 0.3) is 0 Å². The molecule has 0 spiro atoms. The van der Waals surface area contributed by atoms with E-state index >= 15 is 0 Å². The maximum atomic E-state index is 11.2. The molecule has 3 rings (SSSR count). The number of hydrogen-bond acceptors (Lipinski definition) is 6. The maximum Gasteiger partial charge on any atom is 0.302 e. The molecule has 0 unspecified atom stereocenters. The van der Waals surface area contributed by atoms with Crippen LogP contribution in [0.3, 0.4) is 0 Å². The number of carbonyl (C=O) groups excluding carboxylic acids is 1. The number of methoxy groups -OCH3 is 1. The molecule has 0 saturated carbocycles. The molecular formula is C17H22O6. The van der Waals surface area contributed by atoms with E-state index in [0.29, 0.717) is 19.8 Å². The SMILES string of the molecule is CO[C@H]1O[C@]2(COC(C)=O)COC[C@@H]1[C@@H]2OCc1ccccc1. The molecular weight excluding hydrogens is 300 g/mol. The van der Waals surface area contributed by atoms with E-state index in [2.05, 4.69) is 0 Å². The van der Waals surface area contributed by atoms with Gasteiger partial charge in [0.05, 0.1) is 25.7 Å². The summed E-state index contributed by atoms with van der Waals surface area (Å²) >= 11 is 0.